The van der Waals surface area contributed by atoms with Crippen molar-refractivity contribution in [1.29, 1.82) is 0 Å². The molecule has 2 unspecified atom stereocenters. The quantitative estimate of drug-likeness (QED) is 0.928. The molecular formula is C18H27NO3. The summed E-state index contributed by atoms with van der Waals surface area (Å²) >= 11 is 0. The van der Waals surface area contributed by atoms with E-state index < -0.39 is 0 Å². The van der Waals surface area contributed by atoms with E-state index in [1.54, 1.807) is 7.11 Å². The number of ether oxygens (including phenoxy) is 2. The Labute approximate surface area is 133 Å². The van der Waals surface area contributed by atoms with Crippen molar-refractivity contribution >= 4 is 0 Å². The molecule has 0 bridgehead atoms. The summed E-state index contributed by atoms with van der Waals surface area (Å²) in [7, 11) is 1.72. The van der Waals surface area contributed by atoms with E-state index >= 15 is 0 Å². The molecule has 1 aromatic rings. The lowest BCUT2D eigenvalue weighted by Crippen LogP contribution is -2.43. The van der Waals surface area contributed by atoms with Crippen LogP contribution in [0.25, 0.3) is 0 Å². The zero-order chi connectivity index (χ0) is 15.7. The zero-order valence-electron chi connectivity index (χ0n) is 13.9. The van der Waals surface area contributed by atoms with E-state index in [1.165, 1.54) is 11.1 Å². The van der Waals surface area contributed by atoms with Crippen LogP contribution in [0.4, 0.5) is 0 Å². The van der Waals surface area contributed by atoms with Crippen molar-refractivity contribution in [1.82, 2.24) is 4.90 Å². The van der Waals surface area contributed by atoms with Crippen molar-refractivity contribution in [2.24, 2.45) is 5.41 Å². The van der Waals surface area contributed by atoms with Crippen LogP contribution in [0.15, 0.2) is 12.1 Å². The fourth-order valence-electron chi connectivity index (χ4n) is 3.75. The van der Waals surface area contributed by atoms with Gasteiger partial charge in [-0.3, -0.25) is 4.90 Å². The van der Waals surface area contributed by atoms with Gasteiger partial charge in [-0.2, -0.15) is 0 Å². The standard InChI is InChI=1S/C18H27NO3/c1-13-7-14-8-16(21-3)9-15(17(14)22-13)10-19-6-4-5-18(2,11-19)12-20/h8-9,13,20H,4-7,10-12H2,1-3H3. The van der Waals surface area contributed by atoms with Gasteiger partial charge in [-0.25, -0.2) is 0 Å². The molecule has 2 heterocycles. The molecular weight excluding hydrogens is 278 g/mol. The second-order valence-electron chi connectivity index (χ2n) is 7.19. The lowest BCUT2D eigenvalue weighted by molar-refractivity contribution is 0.0424. The number of benzene rings is 1. The largest absolute Gasteiger partial charge is 0.497 e. The van der Waals surface area contributed by atoms with Gasteiger partial charge in [0, 0.05) is 42.7 Å². The van der Waals surface area contributed by atoms with Crippen LogP contribution in [-0.2, 0) is 13.0 Å². The molecule has 4 heteroatoms. The van der Waals surface area contributed by atoms with E-state index in [-0.39, 0.29) is 18.1 Å². The Morgan fingerprint density at radius 2 is 2.27 bits per heavy atom. The minimum absolute atomic E-state index is 0.0223. The first-order valence-corrected chi connectivity index (χ1v) is 8.23. The first kappa shape index (κ1) is 15.6. The van der Waals surface area contributed by atoms with E-state index in [2.05, 4.69) is 30.9 Å². The Bertz CT molecular complexity index is 545. The number of rotatable bonds is 4. The second-order valence-corrected chi connectivity index (χ2v) is 7.19. The Balaban J connectivity index is 1.82. The van der Waals surface area contributed by atoms with Crippen molar-refractivity contribution < 1.29 is 14.6 Å². The maximum absolute atomic E-state index is 9.63. The Morgan fingerprint density at radius 1 is 1.45 bits per heavy atom. The van der Waals surface area contributed by atoms with Gasteiger partial charge in [0.25, 0.3) is 0 Å². The van der Waals surface area contributed by atoms with Crippen LogP contribution < -0.4 is 9.47 Å². The molecule has 0 saturated carbocycles. The maximum Gasteiger partial charge on any atom is 0.127 e. The topological polar surface area (TPSA) is 41.9 Å². The van der Waals surface area contributed by atoms with Gasteiger partial charge in [0.1, 0.15) is 17.6 Å². The Hall–Kier alpha value is -1.26. The second kappa shape index (κ2) is 6.09. The van der Waals surface area contributed by atoms with Crippen molar-refractivity contribution in [2.45, 2.75) is 45.8 Å². The predicted octanol–water partition coefficient (Wildman–Crippen LogP) is 2.61. The van der Waals surface area contributed by atoms with Crippen LogP contribution in [0.3, 0.4) is 0 Å². The van der Waals surface area contributed by atoms with Gasteiger partial charge in [0.2, 0.25) is 0 Å². The van der Waals surface area contributed by atoms with E-state index in [9.17, 15) is 5.11 Å². The monoisotopic (exact) mass is 305 g/mol. The summed E-state index contributed by atoms with van der Waals surface area (Å²) in [6.07, 6.45) is 3.43. The molecule has 3 rings (SSSR count). The number of aliphatic hydroxyl groups is 1. The highest BCUT2D eigenvalue weighted by atomic mass is 16.5. The van der Waals surface area contributed by atoms with Gasteiger partial charge in [-0.15, -0.1) is 0 Å². The van der Waals surface area contributed by atoms with Crippen LogP contribution in [0, 0.1) is 5.41 Å². The fraction of sp³-hybridized carbons (Fsp3) is 0.667. The summed E-state index contributed by atoms with van der Waals surface area (Å²) in [6, 6.07) is 4.19. The minimum Gasteiger partial charge on any atom is -0.497 e. The summed E-state index contributed by atoms with van der Waals surface area (Å²) in [4.78, 5) is 2.43. The van der Waals surface area contributed by atoms with Gasteiger partial charge in [0.15, 0.2) is 0 Å². The van der Waals surface area contributed by atoms with E-state index in [0.717, 1.165) is 50.4 Å². The number of piperidine rings is 1. The number of aliphatic hydroxyl groups excluding tert-OH is 1. The number of hydrogen-bond acceptors (Lipinski definition) is 4. The molecule has 122 valence electrons. The number of likely N-dealkylation sites (tertiary alicyclic amines) is 1. The fourth-order valence-corrected chi connectivity index (χ4v) is 3.75. The van der Waals surface area contributed by atoms with Crippen LogP contribution in [0.1, 0.15) is 37.8 Å². The maximum atomic E-state index is 9.63. The molecule has 1 fully saturated rings. The smallest absolute Gasteiger partial charge is 0.127 e. The highest BCUT2D eigenvalue weighted by molar-refractivity contribution is 5.49. The number of nitrogens with zero attached hydrogens (tertiary/aromatic N) is 1. The molecule has 0 aromatic heterocycles. The lowest BCUT2D eigenvalue weighted by Gasteiger charge is -2.39. The summed E-state index contributed by atoms with van der Waals surface area (Å²) in [5.74, 6) is 1.96. The molecule has 0 aliphatic carbocycles. The van der Waals surface area contributed by atoms with Gasteiger partial charge >= 0.3 is 0 Å². The van der Waals surface area contributed by atoms with Gasteiger partial charge in [-0.1, -0.05) is 6.92 Å². The third-order valence-corrected chi connectivity index (χ3v) is 4.91. The van der Waals surface area contributed by atoms with Crippen LogP contribution >= 0.6 is 0 Å². The van der Waals surface area contributed by atoms with E-state index in [4.69, 9.17) is 9.47 Å². The van der Waals surface area contributed by atoms with Crippen molar-refractivity contribution in [3.63, 3.8) is 0 Å². The third kappa shape index (κ3) is 3.08. The van der Waals surface area contributed by atoms with E-state index in [0.29, 0.717) is 0 Å². The summed E-state index contributed by atoms with van der Waals surface area (Å²) in [5.41, 5.74) is 2.48. The molecule has 2 aliphatic heterocycles. The van der Waals surface area contributed by atoms with Crippen LogP contribution in [0.5, 0.6) is 11.5 Å². The summed E-state index contributed by atoms with van der Waals surface area (Å²) in [5, 5.41) is 9.63. The van der Waals surface area contributed by atoms with Crippen molar-refractivity contribution in [3.05, 3.63) is 23.3 Å². The average molecular weight is 305 g/mol. The van der Waals surface area contributed by atoms with Gasteiger partial charge in [0.05, 0.1) is 7.11 Å². The highest BCUT2D eigenvalue weighted by Gasteiger charge is 2.31. The van der Waals surface area contributed by atoms with Crippen molar-refractivity contribution in [2.75, 3.05) is 26.8 Å². The molecule has 0 radical (unpaired) electrons. The molecule has 22 heavy (non-hydrogen) atoms. The zero-order valence-corrected chi connectivity index (χ0v) is 13.9. The molecule has 2 aliphatic rings. The normalized spacial score (nSPS) is 28.3. The number of hydrogen-bond donors (Lipinski definition) is 1. The Kier molecular flexibility index (Phi) is 4.33. The van der Waals surface area contributed by atoms with Crippen LogP contribution in [-0.4, -0.2) is 42.9 Å². The minimum atomic E-state index is 0.0223. The molecule has 1 aromatic carbocycles. The summed E-state index contributed by atoms with van der Waals surface area (Å²) in [6.45, 7) is 7.42. The van der Waals surface area contributed by atoms with E-state index in [1.807, 2.05) is 0 Å². The molecule has 4 nitrogen and oxygen atoms in total. The average Bonchev–Trinajstić information content (AvgIpc) is 2.88. The SMILES string of the molecule is COc1cc2c(c(CN3CCCC(C)(CO)C3)c1)OC(C)C2. The van der Waals surface area contributed by atoms with Crippen molar-refractivity contribution in [3.8, 4) is 11.5 Å². The number of methoxy groups -OCH3 is 1. The van der Waals surface area contributed by atoms with Gasteiger partial charge in [-0.05, 0) is 38.4 Å². The number of fused-ring (bicyclic) bond motifs is 1. The highest BCUT2D eigenvalue weighted by Crippen LogP contribution is 2.38. The molecule has 2 atom stereocenters. The molecule has 1 N–H and O–H groups in total. The first-order valence-electron chi connectivity index (χ1n) is 8.23. The molecule has 0 amide bonds. The summed E-state index contributed by atoms with van der Waals surface area (Å²) < 4.78 is 11.5. The predicted molar refractivity (Wildman–Crippen MR) is 86.5 cm³/mol. The molecule has 0 spiro atoms. The van der Waals surface area contributed by atoms with Crippen LogP contribution in [0.2, 0.25) is 0 Å². The Morgan fingerprint density at radius 3 is 3.00 bits per heavy atom. The molecule has 1 saturated heterocycles. The van der Waals surface area contributed by atoms with Gasteiger partial charge < -0.3 is 14.6 Å². The first-order chi connectivity index (χ1) is 10.5. The third-order valence-electron chi connectivity index (χ3n) is 4.91. The lowest BCUT2D eigenvalue weighted by atomic mass is 9.82.